The van der Waals surface area contributed by atoms with Crippen LogP contribution in [0.2, 0.25) is 5.02 Å². The number of para-hydroxylation sites is 1. The number of hydrogen-bond acceptors (Lipinski definition) is 5. The number of allylic oxidation sites excluding steroid dienone is 2. The van der Waals surface area contributed by atoms with Crippen molar-refractivity contribution in [2.45, 2.75) is 12.8 Å². The van der Waals surface area contributed by atoms with Crippen molar-refractivity contribution >= 4 is 45.1 Å². The zero-order valence-electron chi connectivity index (χ0n) is 19.6. The highest BCUT2D eigenvalue weighted by Crippen LogP contribution is 2.48. The number of urea groups is 1. The Hall–Kier alpha value is -3.75. The topological polar surface area (TPSA) is 71.4 Å². The van der Waals surface area contributed by atoms with Gasteiger partial charge in [0.05, 0.1) is 21.9 Å². The second-order valence-electron chi connectivity index (χ2n) is 8.71. The van der Waals surface area contributed by atoms with Gasteiger partial charge in [0.15, 0.2) is 5.82 Å². The second-order valence-corrected chi connectivity index (χ2v) is 11.0. The molecule has 6 rings (SSSR count). The number of phenols is 1. The van der Waals surface area contributed by atoms with E-state index in [1.54, 1.807) is 18.5 Å². The van der Waals surface area contributed by atoms with E-state index in [-0.39, 0.29) is 22.3 Å². The Morgan fingerprint density at radius 3 is 2.78 bits per heavy atom. The monoisotopic (exact) mass is 517 g/mol. The average molecular weight is 518 g/mol. The van der Waals surface area contributed by atoms with Crippen LogP contribution in [0.15, 0.2) is 100 Å². The first-order chi connectivity index (χ1) is 17.5. The van der Waals surface area contributed by atoms with Crippen molar-refractivity contribution in [2.24, 2.45) is 5.10 Å². The van der Waals surface area contributed by atoms with Crippen LogP contribution in [0.25, 0.3) is 0 Å². The number of fused-ring (bicyclic) bond motifs is 4. The molecule has 36 heavy (non-hydrogen) atoms. The maximum atomic E-state index is 13.2. The molecule has 0 spiro atoms. The molecule has 1 atom stereocenters. The van der Waals surface area contributed by atoms with Crippen LogP contribution < -0.4 is 10.2 Å². The molecule has 9 heteroatoms. The van der Waals surface area contributed by atoms with E-state index in [9.17, 15) is 9.90 Å². The third kappa shape index (κ3) is 3.83. The number of carbonyl (C=O) groups excluding carboxylic acids is 1. The van der Waals surface area contributed by atoms with E-state index in [0.717, 1.165) is 28.2 Å². The van der Waals surface area contributed by atoms with Crippen LogP contribution in [-0.4, -0.2) is 45.2 Å². The minimum Gasteiger partial charge on any atom is -0.508 e. The van der Waals surface area contributed by atoms with Gasteiger partial charge in [-0.25, -0.2) is 4.79 Å². The van der Waals surface area contributed by atoms with Gasteiger partial charge in [-0.1, -0.05) is 48.0 Å². The molecular formula is C27H24ClN5O2S. The van der Waals surface area contributed by atoms with Crippen molar-refractivity contribution < 1.29 is 9.90 Å². The summed E-state index contributed by atoms with van der Waals surface area (Å²) < 4.78 is 0. The van der Waals surface area contributed by atoms with Gasteiger partial charge in [-0.05, 0) is 54.5 Å². The molecule has 1 aliphatic carbocycles. The summed E-state index contributed by atoms with van der Waals surface area (Å²) in [4.78, 5) is 19.7. The third-order valence-electron chi connectivity index (χ3n) is 6.50. The molecule has 3 aliphatic heterocycles. The maximum absolute atomic E-state index is 13.2. The molecule has 0 saturated carbocycles. The van der Waals surface area contributed by atoms with Gasteiger partial charge in [-0.2, -0.15) is 10.1 Å². The molecule has 2 aromatic carbocycles. The van der Waals surface area contributed by atoms with Crippen molar-refractivity contribution in [3.05, 3.63) is 106 Å². The maximum Gasteiger partial charge on any atom is 0.344 e. The number of halogens is 1. The minimum absolute atomic E-state index is 0.157. The Labute approximate surface area is 216 Å². The number of hydrazone groups is 1. The Balaban J connectivity index is 1.31. The Morgan fingerprint density at radius 1 is 1.17 bits per heavy atom. The first-order valence-corrected chi connectivity index (χ1v) is 13.6. The van der Waals surface area contributed by atoms with E-state index in [2.05, 4.69) is 35.0 Å². The lowest BCUT2D eigenvalue weighted by molar-refractivity contribution is 0.211. The summed E-state index contributed by atoms with van der Waals surface area (Å²) in [5.41, 5.74) is 4.31. The number of nitrogens with zero attached hydrogens (tertiary/aromatic N) is 4. The number of anilines is 1. The molecule has 2 N–H and O–H groups in total. The molecule has 0 saturated heterocycles. The van der Waals surface area contributed by atoms with Gasteiger partial charge in [0.1, 0.15) is 12.1 Å². The van der Waals surface area contributed by atoms with E-state index in [1.807, 2.05) is 52.4 Å². The van der Waals surface area contributed by atoms with E-state index in [0.29, 0.717) is 23.8 Å². The molecule has 3 heterocycles. The number of amides is 2. The molecular weight excluding hydrogens is 494 g/mol. The highest BCUT2D eigenvalue weighted by atomic mass is 35.5. The predicted molar refractivity (Wildman–Crippen MR) is 147 cm³/mol. The molecule has 2 amide bonds. The van der Waals surface area contributed by atoms with Gasteiger partial charge in [-0.15, -0.1) is 10.5 Å². The van der Waals surface area contributed by atoms with Gasteiger partial charge >= 0.3 is 6.03 Å². The summed E-state index contributed by atoms with van der Waals surface area (Å²) in [6, 6.07) is 14.4. The van der Waals surface area contributed by atoms with Gasteiger partial charge in [0.25, 0.3) is 0 Å². The predicted octanol–water partition coefficient (Wildman–Crippen LogP) is 5.32. The zero-order chi connectivity index (χ0) is 24.8. The van der Waals surface area contributed by atoms with E-state index in [4.69, 9.17) is 11.6 Å². The fourth-order valence-electron chi connectivity index (χ4n) is 4.73. The summed E-state index contributed by atoms with van der Waals surface area (Å²) in [5.74, 6) is 0.865. The Morgan fingerprint density at radius 2 is 1.97 bits per heavy atom. The Bertz CT molecular complexity index is 1450. The zero-order valence-corrected chi connectivity index (χ0v) is 21.1. The van der Waals surface area contributed by atoms with Crippen LogP contribution in [0.1, 0.15) is 12.0 Å². The number of nitrogens with one attached hydrogen (secondary N) is 1. The lowest BCUT2D eigenvalue weighted by Crippen LogP contribution is -2.39. The van der Waals surface area contributed by atoms with Crippen LogP contribution in [0, 0.1) is 0 Å². The van der Waals surface area contributed by atoms with Crippen molar-refractivity contribution in [3.8, 4) is 5.75 Å². The Kier molecular flexibility index (Phi) is 5.70. The molecule has 0 aromatic heterocycles. The highest BCUT2D eigenvalue weighted by molar-refractivity contribution is 8.19. The third-order valence-corrected chi connectivity index (χ3v) is 8.86. The van der Waals surface area contributed by atoms with Crippen LogP contribution in [0.3, 0.4) is 0 Å². The smallest absolute Gasteiger partial charge is 0.344 e. The normalized spacial score (nSPS) is 19.8. The number of aromatic hydroxyl groups is 1. The standard InChI is InChI=1S/C27H24ClN5O2S/c1-36-24-8-4-5-20(24)21-15-31(23-7-3-2-6-22(23)28)16-25-32(26(21)36)17-30-33(25)27(35)29-14-13-18-9-11-19(34)12-10-18/h2-4,6-12,15-17,34H,5,13-14H2,1H3,(H,29,35). The van der Waals surface area contributed by atoms with Crippen molar-refractivity contribution in [1.82, 2.24) is 15.2 Å². The van der Waals surface area contributed by atoms with E-state index >= 15 is 0 Å². The summed E-state index contributed by atoms with van der Waals surface area (Å²) in [6.45, 7) is 0.440. The lowest BCUT2D eigenvalue weighted by atomic mass is 10.1. The molecule has 4 aliphatic rings. The van der Waals surface area contributed by atoms with Crippen LogP contribution in [0.5, 0.6) is 5.75 Å². The molecule has 0 radical (unpaired) electrons. The molecule has 0 bridgehead atoms. The van der Waals surface area contributed by atoms with Crippen molar-refractivity contribution in [2.75, 3.05) is 17.7 Å². The lowest BCUT2D eigenvalue weighted by Gasteiger charge is -2.23. The first-order valence-electron chi connectivity index (χ1n) is 11.6. The summed E-state index contributed by atoms with van der Waals surface area (Å²) >= 11 is 6.59. The quantitative estimate of drug-likeness (QED) is 0.539. The minimum atomic E-state index is -0.309. The van der Waals surface area contributed by atoms with E-state index < -0.39 is 0 Å². The average Bonchev–Trinajstić information content (AvgIpc) is 3.55. The second kappa shape index (κ2) is 9.04. The summed E-state index contributed by atoms with van der Waals surface area (Å²) in [7, 11) is -0.157. The summed E-state index contributed by atoms with van der Waals surface area (Å²) in [6.07, 6.45) is 13.9. The molecule has 2 aromatic rings. The van der Waals surface area contributed by atoms with Gasteiger partial charge in [0.2, 0.25) is 0 Å². The van der Waals surface area contributed by atoms with Gasteiger partial charge in [0, 0.05) is 23.2 Å². The van der Waals surface area contributed by atoms with Crippen molar-refractivity contribution in [1.29, 1.82) is 0 Å². The first kappa shape index (κ1) is 22.7. The number of rotatable bonds is 4. The number of phenolic OH excluding ortho intramolecular Hbond substituents is 1. The SMILES string of the molecule is CS1=C2C(=CN(c3ccccc3Cl)C=C3N2C=NN3C(=O)NCCc2ccc(O)cc2)C2=C1C=CC2. The molecule has 0 fully saturated rings. The highest BCUT2D eigenvalue weighted by Gasteiger charge is 2.39. The largest absolute Gasteiger partial charge is 0.508 e. The van der Waals surface area contributed by atoms with Crippen molar-refractivity contribution in [3.63, 3.8) is 0 Å². The fraction of sp³-hybridized carbons (Fsp3) is 0.148. The molecule has 182 valence electrons. The van der Waals surface area contributed by atoms with E-state index in [1.165, 1.54) is 15.5 Å². The summed E-state index contributed by atoms with van der Waals surface area (Å²) in [5, 5.41) is 19.0. The molecule has 7 nitrogen and oxygen atoms in total. The van der Waals surface area contributed by atoms with Crippen LogP contribution >= 0.6 is 22.1 Å². The van der Waals surface area contributed by atoms with Gasteiger partial charge < -0.3 is 15.3 Å². The van der Waals surface area contributed by atoms with Gasteiger partial charge in [-0.3, -0.25) is 4.90 Å². The number of hydrogen-bond donors (Lipinski definition) is 2. The molecule has 1 unspecified atom stereocenters. The number of benzene rings is 2. The van der Waals surface area contributed by atoms with Crippen LogP contribution in [0.4, 0.5) is 10.5 Å². The van der Waals surface area contributed by atoms with Crippen LogP contribution in [-0.2, 0) is 6.42 Å². The number of carbonyl (C=O) groups is 1. The fourth-order valence-corrected chi connectivity index (χ4v) is 6.98.